The molecule has 0 radical (unpaired) electrons. The summed E-state index contributed by atoms with van der Waals surface area (Å²) in [5.74, 6) is -0.0614. The maximum Gasteiger partial charge on any atom is 0.220 e. The Morgan fingerprint density at radius 3 is 2.74 bits per heavy atom. The van der Waals surface area contributed by atoms with E-state index in [0.29, 0.717) is 34.8 Å². The minimum absolute atomic E-state index is 0.327. The van der Waals surface area contributed by atoms with Crippen LogP contribution >= 0.6 is 0 Å². The third kappa shape index (κ3) is 2.30. The van der Waals surface area contributed by atoms with Gasteiger partial charge in [-0.25, -0.2) is 9.97 Å². The Labute approximate surface area is 134 Å². The van der Waals surface area contributed by atoms with E-state index in [-0.39, 0.29) is 0 Å². The van der Waals surface area contributed by atoms with Crippen molar-refractivity contribution in [1.82, 2.24) is 14.9 Å². The third-order valence-electron chi connectivity index (χ3n) is 5.36. The van der Waals surface area contributed by atoms with E-state index in [9.17, 15) is 4.39 Å². The number of aromatic nitrogens is 2. The van der Waals surface area contributed by atoms with E-state index >= 15 is 0 Å². The third-order valence-corrected chi connectivity index (χ3v) is 5.36. The van der Waals surface area contributed by atoms with Gasteiger partial charge in [-0.05, 0) is 50.1 Å². The van der Waals surface area contributed by atoms with Crippen LogP contribution in [0.15, 0.2) is 30.6 Å². The smallest absolute Gasteiger partial charge is 0.220 e. The predicted octanol–water partition coefficient (Wildman–Crippen LogP) is 3.10. The first-order valence-electron chi connectivity index (χ1n) is 7.91. The van der Waals surface area contributed by atoms with Gasteiger partial charge in [-0.15, -0.1) is 0 Å². The molecule has 2 bridgehead atoms. The van der Waals surface area contributed by atoms with Crippen LogP contribution in [0.3, 0.4) is 0 Å². The fourth-order valence-corrected chi connectivity index (χ4v) is 4.11. The molecule has 4 heterocycles. The highest BCUT2D eigenvalue weighted by Gasteiger charge is 2.44. The lowest BCUT2D eigenvalue weighted by Crippen LogP contribution is -2.25. The molecule has 5 heteroatoms. The second kappa shape index (κ2) is 5.39. The van der Waals surface area contributed by atoms with Crippen molar-refractivity contribution in [2.75, 3.05) is 7.05 Å². The monoisotopic (exact) mass is 308 g/mol. The van der Waals surface area contributed by atoms with Crippen molar-refractivity contribution in [3.05, 3.63) is 47.8 Å². The molecular formula is C18H17FN4. The number of fused-ring (bicyclic) bond motifs is 2. The average Bonchev–Trinajstić information content (AvgIpc) is 3.10. The van der Waals surface area contributed by atoms with Crippen molar-refractivity contribution in [2.24, 2.45) is 0 Å². The first-order valence-corrected chi connectivity index (χ1v) is 7.91. The minimum Gasteiger partial charge on any atom is -0.300 e. The molecule has 116 valence electrons. The van der Waals surface area contributed by atoms with Gasteiger partial charge in [0.2, 0.25) is 5.95 Å². The number of nitrogens with zero attached hydrogens (tertiary/aromatic N) is 4. The molecule has 0 saturated carbocycles. The number of hydrogen-bond donors (Lipinski definition) is 0. The summed E-state index contributed by atoms with van der Waals surface area (Å²) in [6.07, 6.45) is 6.81. The average molecular weight is 308 g/mol. The molecule has 0 aliphatic carbocycles. The molecule has 0 amide bonds. The normalized spacial score (nSPS) is 26.4. The lowest BCUT2D eigenvalue weighted by atomic mass is 9.84. The second-order valence-corrected chi connectivity index (χ2v) is 6.46. The highest BCUT2D eigenvalue weighted by atomic mass is 19.1. The highest BCUT2D eigenvalue weighted by Crippen LogP contribution is 2.46. The Morgan fingerprint density at radius 2 is 2.13 bits per heavy atom. The number of likely N-dealkylation sites (N-methyl/N-ethyl adjacent to an activating group) is 1. The summed E-state index contributed by atoms with van der Waals surface area (Å²) >= 11 is 0. The molecular weight excluding hydrogens is 291 g/mol. The zero-order valence-corrected chi connectivity index (χ0v) is 12.9. The van der Waals surface area contributed by atoms with Crippen molar-refractivity contribution in [2.45, 2.75) is 37.3 Å². The molecule has 2 aromatic heterocycles. The molecule has 4 nitrogen and oxygen atoms in total. The summed E-state index contributed by atoms with van der Waals surface area (Å²) in [5, 5.41) is 8.82. The Kier molecular flexibility index (Phi) is 3.35. The minimum atomic E-state index is -0.489. The van der Waals surface area contributed by atoms with Gasteiger partial charge in [0.25, 0.3) is 0 Å². The Bertz CT molecular complexity index is 781. The molecule has 23 heavy (non-hydrogen) atoms. The molecule has 0 spiro atoms. The van der Waals surface area contributed by atoms with Gasteiger partial charge < -0.3 is 0 Å². The molecule has 2 aliphatic heterocycles. The molecule has 4 rings (SSSR count). The lowest BCUT2D eigenvalue weighted by molar-refractivity contribution is 0.307. The predicted molar refractivity (Wildman–Crippen MR) is 84.1 cm³/mol. The van der Waals surface area contributed by atoms with Crippen molar-refractivity contribution < 1.29 is 4.39 Å². The maximum atomic E-state index is 14.2. The van der Waals surface area contributed by atoms with Gasteiger partial charge in [0.1, 0.15) is 11.8 Å². The number of halogens is 1. The number of rotatable bonds is 2. The van der Waals surface area contributed by atoms with Crippen LogP contribution in [0, 0.1) is 17.3 Å². The fourth-order valence-electron chi connectivity index (χ4n) is 4.11. The lowest BCUT2D eigenvalue weighted by Gasteiger charge is -2.22. The second-order valence-electron chi connectivity index (χ2n) is 6.46. The van der Waals surface area contributed by atoms with Gasteiger partial charge in [0.15, 0.2) is 0 Å². The van der Waals surface area contributed by atoms with Gasteiger partial charge >= 0.3 is 0 Å². The van der Waals surface area contributed by atoms with Gasteiger partial charge in [0, 0.05) is 41.5 Å². The van der Waals surface area contributed by atoms with Crippen LogP contribution in [0.25, 0.3) is 11.1 Å². The van der Waals surface area contributed by atoms with Crippen LogP contribution < -0.4 is 0 Å². The first-order chi connectivity index (χ1) is 11.2. The molecule has 2 aromatic rings. The summed E-state index contributed by atoms with van der Waals surface area (Å²) in [5.41, 5.74) is 2.55. The number of hydrogen-bond acceptors (Lipinski definition) is 4. The van der Waals surface area contributed by atoms with Crippen LogP contribution in [0.2, 0.25) is 0 Å². The van der Waals surface area contributed by atoms with Crippen LogP contribution in [0.5, 0.6) is 0 Å². The Balaban J connectivity index is 1.70. The van der Waals surface area contributed by atoms with Gasteiger partial charge in [-0.2, -0.15) is 9.65 Å². The first kappa shape index (κ1) is 14.3. The fraction of sp³-hybridized carbons (Fsp3) is 0.389. The molecule has 0 aromatic carbocycles. The van der Waals surface area contributed by atoms with Crippen LogP contribution in [0.1, 0.15) is 36.4 Å². The largest absolute Gasteiger partial charge is 0.300 e. The molecule has 2 saturated heterocycles. The van der Waals surface area contributed by atoms with Crippen molar-refractivity contribution >= 4 is 0 Å². The standard InChI is InChI=1S/C18H17FN4/c1-23-14-4-5-17(23)15(7-14)12-6-16(18(19)22-10-12)11-2-3-13(8-20)21-9-11/h2-3,6,9-10,14-15,17H,4-5,7H2,1H3/t14-,15-,17-/m1/s1. The topological polar surface area (TPSA) is 52.8 Å². The molecule has 0 unspecified atom stereocenters. The molecule has 2 aliphatic rings. The summed E-state index contributed by atoms with van der Waals surface area (Å²) in [6.45, 7) is 0. The van der Waals surface area contributed by atoms with Crippen molar-refractivity contribution in [1.29, 1.82) is 5.26 Å². The summed E-state index contributed by atoms with van der Waals surface area (Å²) < 4.78 is 14.2. The van der Waals surface area contributed by atoms with E-state index in [1.807, 2.05) is 12.1 Å². The van der Waals surface area contributed by atoms with E-state index in [4.69, 9.17) is 5.26 Å². The van der Waals surface area contributed by atoms with E-state index < -0.39 is 5.95 Å². The van der Waals surface area contributed by atoms with Crippen LogP contribution in [-0.2, 0) is 0 Å². The van der Waals surface area contributed by atoms with Gasteiger partial charge in [0.05, 0.1) is 0 Å². The molecule has 0 N–H and O–H groups in total. The zero-order valence-electron chi connectivity index (χ0n) is 12.9. The summed E-state index contributed by atoms with van der Waals surface area (Å²) in [4.78, 5) is 10.5. The van der Waals surface area contributed by atoms with Crippen molar-refractivity contribution in [3.63, 3.8) is 0 Å². The quantitative estimate of drug-likeness (QED) is 0.800. The Morgan fingerprint density at radius 1 is 1.26 bits per heavy atom. The molecule has 3 atom stereocenters. The Hall–Kier alpha value is -2.32. The maximum absolute atomic E-state index is 14.2. The van der Waals surface area contributed by atoms with E-state index in [1.165, 1.54) is 19.0 Å². The SMILES string of the molecule is CN1[C@@H]2CC[C@@H]1[C@@H](c1cnc(F)c(-c3ccc(C#N)nc3)c1)C2. The summed E-state index contributed by atoms with van der Waals surface area (Å²) in [7, 11) is 2.19. The highest BCUT2D eigenvalue weighted by molar-refractivity contribution is 5.63. The van der Waals surface area contributed by atoms with E-state index in [2.05, 4.69) is 21.9 Å². The van der Waals surface area contributed by atoms with E-state index in [0.717, 1.165) is 12.0 Å². The number of pyridine rings is 2. The van der Waals surface area contributed by atoms with Gasteiger partial charge in [-0.1, -0.05) is 0 Å². The van der Waals surface area contributed by atoms with Gasteiger partial charge in [-0.3, -0.25) is 4.90 Å². The number of nitriles is 1. The summed E-state index contributed by atoms with van der Waals surface area (Å²) in [6, 6.07) is 8.40. The zero-order chi connectivity index (χ0) is 16.0. The van der Waals surface area contributed by atoms with Crippen molar-refractivity contribution in [3.8, 4) is 17.2 Å². The van der Waals surface area contributed by atoms with Crippen LogP contribution in [-0.4, -0.2) is 34.0 Å². The molecule has 2 fully saturated rings. The van der Waals surface area contributed by atoms with Crippen LogP contribution in [0.4, 0.5) is 4.39 Å². The van der Waals surface area contributed by atoms with E-state index in [1.54, 1.807) is 18.3 Å².